The number of aryl methyl sites for hydroxylation is 1. The molecule has 0 spiro atoms. The first-order chi connectivity index (χ1) is 11.1. The van der Waals surface area contributed by atoms with Crippen molar-refractivity contribution >= 4 is 27.5 Å². The number of hydrogen-bond donors (Lipinski definition) is 0. The second-order valence-electron chi connectivity index (χ2n) is 5.76. The maximum absolute atomic E-state index is 12.8. The molecule has 2 aromatic heterocycles. The summed E-state index contributed by atoms with van der Waals surface area (Å²) in [5, 5.41) is 3.24. The van der Waals surface area contributed by atoms with Gasteiger partial charge in [-0.3, -0.25) is 4.79 Å². The van der Waals surface area contributed by atoms with Crippen LogP contribution in [0.15, 0.2) is 41.8 Å². The van der Waals surface area contributed by atoms with E-state index in [0.717, 1.165) is 30.7 Å². The fourth-order valence-corrected chi connectivity index (χ4v) is 3.75. The molecule has 0 fully saturated rings. The molecule has 0 atom stereocenters. The van der Waals surface area contributed by atoms with Crippen molar-refractivity contribution in [2.45, 2.75) is 27.3 Å². The Hall–Kier alpha value is -2.07. The average Bonchev–Trinajstić information content (AvgIpc) is 3.13. The van der Waals surface area contributed by atoms with Crippen molar-refractivity contribution in [3.63, 3.8) is 0 Å². The number of fused-ring (bicyclic) bond motifs is 1. The van der Waals surface area contributed by atoms with Crippen molar-refractivity contribution in [1.29, 1.82) is 0 Å². The van der Waals surface area contributed by atoms with Crippen LogP contribution in [0.3, 0.4) is 0 Å². The Kier molecular flexibility index (Phi) is 4.53. The van der Waals surface area contributed by atoms with Crippen LogP contribution in [0.1, 0.15) is 35.5 Å². The van der Waals surface area contributed by atoms with Gasteiger partial charge < -0.3 is 9.47 Å². The van der Waals surface area contributed by atoms with Crippen LogP contribution in [-0.2, 0) is 6.54 Å². The van der Waals surface area contributed by atoms with Gasteiger partial charge in [0.05, 0.1) is 0 Å². The van der Waals surface area contributed by atoms with E-state index in [0.29, 0.717) is 0 Å². The number of nitrogens with zero attached hydrogens (tertiary/aromatic N) is 2. The zero-order valence-corrected chi connectivity index (χ0v) is 14.7. The summed E-state index contributed by atoms with van der Waals surface area (Å²) in [7, 11) is 0. The van der Waals surface area contributed by atoms with E-state index in [9.17, 15) is 4.79 Å². The summed E-state index contributed by atoms with van der Waals surface area (Å²) in [6.07, 6.45) is 0. The van der Waals surface area contributed by atoms with E-state index >= 15 is 0 Å². The second kappa shape index (κ2) is 6.59. The molecule has 1 amide bonds. The molecule has 0 aliphatic rings. The highest BCUT2D eigenvalue weighted by molar-refractivity contribution is 7.16. The molecule has 1 aromatic carbocycles. The van der Waals surface area contributed by atoms with E-state index in [2.05, 4.69) is 47.2 Å². The van der Waals surface area contributed by atoms with E-state index in [-0.39, 0.29) is 5.91 Å². The van der Waals surface area contributed by atoms with E-state index in [1.54, 1.807) is 11.3 Å². The molecule has 4 heteroatoms. The van der Waals surface area contributed by atoms with Crippen LogP contribution in [0.2, 0.25) is 0 Å². The highest BCUT2D eigenvalue weighted by atomic mass is 32.1. The quantitative estimate of drug-likeness (QED) is 0.675. The molecular formula is C19H22N2OS. The Morgan fingerprint density at radius 2 is 1.83 bits per heavy atom. The van der Waals surface area contributed by atoms with Gasteiger partial charge in [-0.1, -0.05) is 29.8 Å². The second-order valence-corrected chi connectivity index (χ2v) is 6.65. The molecule has 0 aliphatic carbocycles. The van der Waals surface area contributed by atoms with Crippen molar-refractivity contribution in [2.75, 3.05) is 13.1 Å². The van der Waals surface area contributed by atoms with Gasteiger partial charge in [0, 0.05) is 25.0 Å². The van der Waals surface area contributed by atoms with Gasteiger partial charge in [-0.2, -0.15) is 0 Å². The zero-order valence-electron chi connectivity index (χ0n) is 13.9. The molecule has 3 aromatic rings. The molecule has 0 N–H and O–H groups in total. The number of hydrogen-bond acceptors (Lipinski definition) is 2. The molecule has 2 heterocycles. The molecule has 23 heavy (non-hydrogen) atoms. The zero-order chi connectivity index (χ0) is 16.4. The molecule has 0 bridgehead atoms. The number of carbonyl (C=O) groups excluding carboxylic acids is 1. The van der Waals surface area contributed by atoms with Crippen LogP contribution in [0.5, 0.6) is 0 Å². The van der Waals surface area contributed by atoms with Gasteiger partial charge in [-0.25, -0.2) is 0 Å². The van der Waals surface area contributed by atoms with Crippen molar-refractivity contribution in [1.82, 2.24) is 9.47 Å². The first-order valence-electron chi connectivity index (χ1n) is 8.05. The van der Waals surface area contributed by atoms with E-state index in [1.165, 1.54) is 16.0 Å². The van der Waals surface area contributed by atoms with Crippen LogP contribution < -0.4 is 0 Å². The van der Waals surface area contributed by atoms with Gasteiger partial charge in [-0.05, 0) is 43.8 Å². The summed E-state index contributed by atoms with van der Waals surface area (Å²) in [6.45, 7) is 8.34. The van der Waals surface area contributed by atoms with Crippen LogP contribution in [0, 0.1) is 6.92 Å². The highest BCUT2D eigenvalue weighted by Crippen LogP contribution is 2.27. The van der Waals surface area contributed by atoms with Crippen LogP contribution in [-0.4, -0.2) is 28.5 Å². The monoisotopic (exact) mass is 326 g/mol. The minimum atomic E-state index is 0.116. The molecule has 0 saturated heterocycles. The molecule has 0 radical (unpaired) electrons. The molecule has 3 rings (SSSR count). The standard InChI is InChI=1S/C19H22N2OS/c1-4-20(5-2)18(22)17-12-16-10-11-23-19(16)21(17)13-15-8-6-14(3)7-9-15/h6-12H,4-5,13H2,1-3H3. The first kappa shape index (κ1) is 15.8. The van der Waals surface area contributed by atoms with Crippen LogP contribution >= 0.6 is 11.3 Å². The molecule has 0 unspecified atom stereocenters. The third-order valence-corrected chi connectivity index (χ3v) is 5.18. The van der Waals surface area contributed by atoms with Gasteiger partial charge in [0.2, 0.25) is 0 Å². The fraction of sp³-hybridized carbons (Fsp3) is 0.316. The molecule has 0 saturated carbocycles. The lowest BCUT2D eigenvalue weighted by Gasteiger charge is -2.20. The lowest BCUT2D eigenvalue weighted by atomic mass is 10.1. The van der Waals surface area contributed by atoms with Crippen molar-refractivity contribution in [3.8, 4) is 0 Å². The van der Waals surface area contributed by atoms with Crippen molar-refractivity contribution in [3.05, 3.63) is 58.6 Å². The van der Waals surface area contributed by atoms with E-state index < -0.39 is 0 Å². The summed E-state index contributed by atoms with van der Waals surface area (Å²) >= 11 is 1.69. The molecular weight excluding hydrogens is 304 g/mol. The number of rotatable bonds is 5. The number of aromatic nitrogens is 1. The maximum atomic E-state index is 12.8. The largest absolute Gasteiger partial charge is 0.338 e. The molecule has 3 nitrogen and oxygen atoms in total. The number of amides is 1. The summed E-state index contributed by atoms with van der Waals surface area (Å²) in [4.78, 5) is 15.9. The topological polar surface area (TPSA) is 25.2 Å². The molecule has 0 aliphatic heterocycles. The summed E-state index contributed by atoms with van der Waals surface area (Å²) < 4.78 is 2.16. The third-order valence-electron chi connectivity index (χ3n) is 4.23. The van der Waals surface area contributed by atoms with Gasteiger partial charge in [0.15, 0.2) is 0 Å². The first-order valence-corrected chi connectivity index (χ1v) is 8.93. The van der Waals surface area contributed by atoms with Crippen molar-refractivity contribution < 1.29 is 4.79 Å². The minimum absolute atomic E-state index is 0.116. The average molecular weight is 326 g/mol. The Morgan fingerprint density at radius 3 is 2.48 bits per heavy atom. The molecule has 120 valence electrons. The summed E-state index contributed by atoms with van der Waals surface area (Å²) in [6, 6.07) is 12.6. The third kappa shape index (κ3) is 3.04. The number of benzene rings is 1. The van der Waals surface area contributed by atoms with Gasteiger partial charge in [0.25, 0.3) is 5.91 Å². The Balaban J connectivity index is 2.03. The number of carbonyl (C=O) groups is 1. The minimum Gasteiger partial charge on any atom is -0.338 e. The normalized spacial score (nSPS) is 11.1. The smallest absolute Gasteiger partial charge is 0.270 e. The summed E-state index contributed by atoms with van der Waals surface area (Å²) in [5.41, 5.74) is 3.26. The van der Waals surface area contributed by atoms with Gasteiger partial charge in [-0.15, -0.1) is 11.3 Å². The Labute approximate surface area is 141 Å². The Morgan fingerprint density at radius 1 is 1.13 bits per heavy atom. The van der Waals surface area contributed by atoms with Crippen LogP contribution in [0.4, 0.5) is 0 Å². The lowest BCUT2D eigenvalue weighted by Crippen LogP contribution is -2.32. The van der Waals surface area contributed by atoms with E-state index in [1.807, 2.05) is 24.8 Å². The predicted molar refractivity (Wildman–Crippen MR) is 97.3 cm³/mol. The SMILES string of the molecule is CCN(CC)C(=O)c1cc2ccsc2n1Cc1ccc(C)cc1. The van der Waals surface area contributed by atoms with Gasteiger partial charge >= 0.3 is 0 Å². The fourth-order valence-electron chi connectivity index (χ4n) is 2.86. The number of thiophene rings is 1. The maximum Gasteiger partial charge on any atom is 0.270 e. The van der Waals surface area contributed by atoms with Crippen LogP contribution in [0.25, 0.3) is 10.2 Å². The van der Waals surface area contributed by atoms with Crippen molar-refractivity contribution in [2.24, 2.45) is 0 Å². The highest BCUT2D eigenvalue weighted by Gasteiger charge is 2.20. The van der Waals surface area contributed by atoms with E-state index in [4.69, 9.17) is 0 Å². The lowest BCUT2D eigenvalue weighted by molar-refractivity contribution is 0.0763. The summed E-state index contributed by atoms with van der Waals surface area (Å²) in [5.74, 6) is 0.116. The predicted octanol–water partition coefficient (Wildman–Crippen LogP) is 4.54. The van der Waals surface area contributed by atoms with Gasteiger partial charge in [0.1, 0.15) is 10.5 Å². The Bertz CT molecular complexity index is 810.